The minimum absolute atomic E-state index is 0.0378. The van der Waals surface area contributed by atoms with Gasteiger partial charge in [0.25, 0.3) is 0 Å². The number of aliphatic hydroxyl groups is 1. The first-order valence-corrected chi connectivity index (χ1v) is 8.81. The Morgan fingerprint density at radius 2 is 2.05 bits per heavy atom. The van der Waals surface area contributed by atoms with Gasteiger partial charge in [-0.1, -0.05) is 20.8 Å². The standard InChI is InChI=1S/C18H33NO3/c1-5-22-13-14-6-9-19(12-14)16(20)15-10-18(21,11-15)8-7-17(2,3)4/h14-15,21H,5-13H2,1-4H3/t14-,15?,18?/m1/s1. The number of hydrogen-bond donors (Lipinski definition) is 1. The average Bonchev–Trinajstić information content (AvgIpc) is 2.87. The van der Waals surface area contributed by atoms with Crippen molar-refractivity contribution in [3.8, 4) is 0 Å². The van der Waals surface area contributed by atoms with Gasteiger partial charge in [-0.15, -0.1) is 0 Å². The summed E-state index contributed by atoms with van der Waals surface area (Å²) < 4.78 is 5.47. The fourth-order valence-electron chi connectivity index (χ4n) is 3.56. The van der Waals surface area contributed by atoms with Gasteiger partial charge in [0.15, 0.2) is 0 Å². The molecule has 0 aromatic rings. The molecule has 0 aromatic carbocycles. The van der Waals surface area contributed by atoms with Gasteiger partial charge in [-0.05, 0) is 44.4 Å². The molecule has 1 saturated heterocycles. The second-order valence-corrected chi connectivity index (χ2v) is 8.49. The fraction of sp³-hybridized carbons (Fsp3) is 0.944. The van der Waals surface area contributed by atoms with E-state index in [2.05, 4.69) is 20.8 Å². The lowest BCUT2D eigenvalue weighted by molar-refractivity contribution is -0.152. The van der Waals surface area contributed by atoms with Gasteiger partial charge in [0.1, 0.15) is 0 Å². The van der Waals surface area contributed by atoms with Crippen LogP contribution in [-0.4, -0.2) is 47.8 Å². The van der Waals surface area contributed by atoms with Crippen molar-refractivity contribution in [2.75, 3.05) is 26.3 Å². The van der Waals surface area contributed by atoms with E-state index < -0.39 is 5.60 Å². The highest BCUT2D eigenvalue weighted by Gasteiger charge is 2.47. The van der Waals surface area contributed by atoms with E-state index in [0.29, 0.717) is 18.8 Å². The summed E-state index contributed by atoms with van der Waals surface area (Å²) in [5.41, 5.74) is -0.357. The van der Waals surface area contributed by atoms with Crippen molar-refractivity contribution >= 4 is 5.91 Å². The molecule has 0 bridgehead atoms. The van der Waals surface area contributed by atoms with Gasteiger partial charge in [-0.25, -0.2) is 0 Å². The number of rotatable bonds is 6. The zero-order valence-corrected chi connectivity index (χ0v) is 14.7. The minimum atomic E-state index is -0.599. The van der Waals surface area contributed by atoms with E-state index in [-0.39, 0.29) is 17.2 Å². The lowest BCUT2D eigenvalue weighted by atomic mass is 9.66. The molecule has 1 heterocycles. The molecule has 0 radical (unpaired) electrons. The van der Waals surface area contributed by atoms with Gasteiger partial charge >= 0.3 is 0 Å². The molecule has 4 nitrogen and oxygen atoms in total. The van der Waals surface area contributed by atoms with Gasteiger partial charge in [0.05, 0.1) is 12.2 Å². The Labute approximate surface area is 135 Å². The van der Waals surface area contributed by atoms with Crippen molar-refractivity contribution in [3.63, 3.8) is 0 Å². The maximum Gasteiger partial charge on any atom is 0.225 e. The van der Waals surface area contributed by atoms with Gasteiger partial charge < -0.3 is 14.7 Å². The molecule has 1 N–H and O–H groups in total. The van der Waals surface area contributed by atoms with Crippen LogP contribution in [0.15, 0.2) is 0 Å². The van der Waals surface area contributed by atoms with Crippen molar-refractivity contribution in [2.45, 2.75) is 65.4 Å². The molecule has 1 atom stereocenters. The summed E-state index contributed by atoms with van der Waals surface area (Å²) in [7, 11) is 0. The van der Waals surface area contributed by atoms with Crippen LogP contribution in [0.4, 0.5) is 0 Å². The van der Waals surface area contributed by atoms with Crippen LogP contribution in [0.2, 0.25) is 0 Å². The highest BCUT2D eigenvalue weighted by molar-refractivity contribution is 5.80. The molecule has 1 amide bonds. The summed E-state index contributed by atoms with van der Waals surface area (Å²) in [4.78, 5) is 14.5. The summed E-state index contributed by atoms with van der Waals surface area (Å²) in [6.07, 6.45) is 4.16. The molecule has 128 valence electrons. The van der Waals surface area contributed by atoms with Gasteiger partial charge in [-0.2, -0.15) is 0 Å². The van der Waals surface area contributed by atoms with Crippen molar-refractivity contribution < 1.29 is 14.6 Å². The molecule has 4 heteroatoms. The van der Waals surface area contributed by atoms with E-state index in [1.165, 1.54) is 0 Å². The third-order valence-corrected chi connectivity index (χ3v) is 5.10. The molecule has 2 rings (SSSR count). The second-order valence-electron chi connectivity index (χ2n) is 8.49. The normalized spacial score (nSPS) is 32.1. The second kappa shape index (κ2) is 6.88. The Bertz CT molecular complexity index is 382. The van der Waals surface area contributed by atoms with Crippen LogP contribution >= 0.6 is 0 Å². The number of ether oxygens (including phenoxy) is 1. The van der Waals surface area contributed by atoms with Crippen molar-refractivity contribution in [3.05, 3.63) is 0 Å². The summed E-state index contributed by atoms with van der Waals surface area (Å²) in [5, 5.41) is 10.5. The van der Waals surface area contributed by atoms with Gasteiger partial charge in [-0.3, -0.25) is 4.79 Å². The molecular formula is C18H33NO3. The number of likely N-dealkylation sites (tertiary alicyclic amines) is 1. The Morgan fingerprint density at radius 3 is 2.64 bits per heavy atom. The smallest absolute Gasteiger partial charge is 0.225 e. The first-order valence-electron chi connectivity index (χ1n) is 8.81. The maximum atomic E-state index is 12.5. The zero-order valence-electron chi connectivity index (χ0n) is 14.7. The van der Waals surface area contributed by atoms with Gasteiger partial charge in [0.2, 0.25) is 5.91 Å². The first-order chi connectivity index (χ1) is 10.2. The Morgan fingerprint density at radius 1 is 1.36 bits per heavy atom. The summed E-state index contributed by atoms with van der Waals surface area (Å²) >= 11 is 0. The molecule has 2 aliphatic rings. The van der Waals surface area contributed by atoms with Crippen LogP contribution < -0.4 is 0 Å². The molecule has 22 heavy (non-hydrogen) atoms. The lowest BCUT2D eigenvalue weighted by Crippen LogP contribution is -2.51. The van der Waals surface area contributed by atoms with E-state index >= 15 is 0 Å². The van der Waals surface area contributed by atoms with Crippen LogP contribution in [0.25, 0.3) is 0 Å². The predicted octanol–water partition coefficient (Wildman–Crippen LogP) is 2.84. The molecule has 1 saturated carbocycles. The topological polar surface area (TPSA) is 49.8 Å². The van der Waals surface area contributed by atoms with Crippen LogP contribution in [0.5, 0.6) is 0 Å². The minimum Gasteiger partial charge on any atom is -0.390 e. The maximum absolute atomic E-state index is 12.5. The van der Waals surface area contributed by atoms with E-state index in [4.69, 9.17) is 4.74 Å². The molecular weight excluding hydrogens is 278 g/mol. The SMILES string of the molecule is CCOC[C@@H]1CCN(C(=O)C2CC(O)(CCC(C)(C)C)C2)C1. The van der Waals surface area contributed by atoms with E-state index in [0.717, 1.165) is 45.6 Å². The van der Waals surface area contributed by atoms with E-state index in [1.807, 2.05) is 11.8 Å². The Balaban J connectivity index is 1.73. The summed E-state index contributed by atoms with van der Waals surface area (Å²) in [5.74, 6) is 0.777. The Hall–Kier alpha value is -0.610. The number of amides is 1. The largest absolute Gasteiger partial charge is 0.390 e. The van der Waals surface area contributed by atoms with Crippen LogP contribution in [0.1, 0.15) is 59.8 Å². The molecule has 1 aliphatic heterocycles. The monoisotopic (exact) mass is 311 g/mol. The highest BCUT2D eigenvalue weighted by Crippen LogP contribution is 2.44. The quantitative estimate of drug-likeness (QED) is 0.820. The summed E-state index contributed by atoms with van der Waals surface area (Å²) in [6.45, 7) is 11.8. The predicted molar refractivity (Wildman–Crippen MR) is 87.5 cm³/mol. The number of nitrogens with zero attached hydrogens (tertiary/aromatic N) is 1. The molecule has 0 spiro atoms. The zero-order chi connectivity index (χ0) is 16.4. The third-order valence-electron chi connectivity index (χ3n) is 5.10. The van der Waals surface area contributed by atoms with Crippen LogP contribution in [0.3, 0.4) is 0 Å². The highest BCUT2D eigenvalue weighted by atomic mass is 16.5. The van der Waals surface area contributed by atoms with Gasteiger partial charge in [0, 0.05) is 31.5 Å². The number of carbonyl (C=O) groups excluding carboxylic acids is 1. The molecule has 0 aromatic heterocycles. The van der Waals surface area contributed by atoms with E-state index in [1.54, 1.807) is 0 Å². The van der Waals surface area contributed by atoms with Crippen LogP contribution in [-0.2, 0) is 9.53 Å². The van der Waals surface area contributed by atoms with Crippen molar-refractivity contribution in [1.29, 1.82) is 0 Å². The van der Waals surface area contributed by atoms with Crippen molar-refractivity contribution in [2.24, 2.45) is 17.3 Å². The van der Waals surface area contributed by atoms with E-state index in [9.17, 15) is 9.90 Å². The van der Waals surface area contributed by atoms with Crippen molar-refractivity contribution in [1.82, 2.24) is 4.90 Å². The summed E-state index contributed by atoms with van der Waals surface area (Å²) in [6, 6.07) is 0. The first kappa shape index (κ1) is 17.7. The third kappa shape index (κ3) is 4.69. The Kier molecular flexibility index (Phi) is 5.54. The van der Waals surface area contributed by atoms with Crippen LogP contribution in [0, 0.1) is 17.3 Å². The lowest BCUT2D eigenvalue weighted by Gasteiger charge is -2.45. The fourth-order valence-corrected chi connectivity index (χ4v) is 3.56. The molecule has 0 unspecified atom stereocenters. The molecule has 2 fully saturated rings. The average molecular weight is 311 g/mol. The molecule has 1 aliphatic carbocycles. The number of hydrogen-bond acceptors (Lipinski definition) is 3. The number of carbonyl (C=O) groups is 1.